The number of phenols is 1. The maximum absolute atomic E-state index is 9.78. The average Bonchev–Trinajstić information content (AvgIpc) is 2.23. The molecule has 14 heavy (non-hydrogen) atoms. The summed E-state index contributed by atoms with van der Waals surface area (Å²) in [5.74, 6) is 0.140. The number of nitrogens with zero attached hydrogens (tertiary/aromatic N) is 1. The first-order chi connectivity index (χ1) is 6.83. The van der Waals surface area contributed by atoms with Gasteiger partial charge in [-0.2, -0.15) is 0 Å². The van der Waals surface area contributed by atoms with Crippen LogP contribution in [0.15, 0.2) is 41.6 Å². The zero-order chi connectivity index (χ0) is 9.97. The second kappa shape index (κ2) is 3.38. The normalized spacial score (nSPS) is 11.1. The van der Waals surface area contributed by atoms with E-state index in [0.29, 0.717) is 5.56 Å². The summed E-state index contributed by atoms with van der Waals surface area (Å²) < 4.78 is 0. The molecule has 2 aromatic rings. The van der Waals surface area contributed by atoms with Crippen LogP contribution in [0.25, 0.3) is 10.8 Å². The highest BCUT2D eigenvalue weighted by molar-refractivity contribution is 5.96. The summed E-state index contributed by atoms with van der Waals surface area (Å²) in [5.41, 5.74) is 0.506. The van der Waals surface area contributed by atoms with Crippen molar-refractivity contribution in [3.8, 4) is 5.75 Å². The van der Waals surface area contributed by atoms with Gasteiger partial charge in [0.05, 0.1) is 6.21 Å². The van der Waals surface area contributed by atoms with E-state index in [-0.39, 0.29) is 5.75 Å². The summed E-state index contributed by atoms with van der Waals surface area (Å²) >= 11 is 0. The summed E-state index contributed by atoms with van der Waals surface area (Å²) in [5, 5.41) is 22.8. The molecule has 3 nitrogen and oxygen atoms in total. The van der Waals surface area contributed by atoms with Crippen LogP contribution in [0.4, 0.5) is 0 Å². The number of fused-ring (bicyclic) bond motifs is 1. The zero-order valence-electron chi connectivity index (χ0n) is 7.38. The van der Waals surface area contributed by atoms with Crippen LogP contribution >= 0.6 is 0 Å². The molecule has 0 saturated heterocycles. The Kier molecular flexibility index (Phi) is 2.07. The molecule has 0 unspecified atom stereocenters. The fourth-order valence-electron chi connectivity index (χ4n) is 1.44. The molecule has 0 fully saturated rings. The van der Waals surface area contributed by atoms with Crippen molar-refractivity contribution in [1.82, 2.24) is 0 Å². The lowest BCUT2D eigenvalue weighted by Gasteiger charge is -2.02. The van der Waals surface area contributed by atoms with E-state index in [9.17, 15) is 5.11 Å². The number of phenolic OH excluding ortho intramolecular Hbond substituents is 1. The number of oxime groups is 1. The van der Waals surface area contributed by atoms with Crippen molar-refractivity contribution in [3.05, 3.63) is 42.0 Å². The fraction of sp³-hybridized carbons (Fsp3) is 0. The van der Waals surface area contributed by atoms with E-state index in [2.05, 4.69) is 5.16 Å². The van der Waals surface area contributed by atoms with Crippen LogP contribution in [0.5, 0.6) is 5.75 Å². The Morgan fingerprint density at radius 2 is 1.86 bits per heavy atom. The molecule has 0 amide bonds. The molecule has 0 bridgehead atoms. The molecular weight excluding hydrogens is 178 g/mol. The van der Waals surface area contributed by atoms with Gasteiger partial charge in [0.15, 0.2) is 0 Å². The molecule has 0 aliphatic carbocycles. The van der Waals surface area contributed by atoms with Crippen LogP contribution in [-0.4, -0.2) is 16.5 Å². The van der Waals surface area contributed by atoms with Crippen LogP contribution in [0, 0.1) is 0 Å². The predicted molar refractivity (Wildman–Crippen MR) is 55.0 cm³/mol. The molecule has 0 aliphatic heterocycles. The Morgan fingerprint density at radius 3 is 2.64 bits per heavy atom. The standard InChI is InChI=1S/C11H9NO2/c13-11-9(7-12-14)6-5-8-3-1-2-4-10(8)11/h1-7,13-14H/b12-7-. The van der Waals surface area contributed by atoms with Gasteiger partial charge in [-0.05, 0) is 11.5 Å². The Labute approximate surface area is 80.9 Å². The molecule has 0 heterocycles. The van der Waals surface area contributed by atoms with Gasteiger partial charge in [-0.15, -0.1) is 0 Å². The molecule has 3 heteroatoms. The topological polar surface area (TPSA) is 52.8 Å². The minimum absolute atomic E-state index is 0.140. The molecular formula is C11H9NO2. The number of rotatable bonds is 1. The average molecular weight is 187 g/mol. The van der Waals surface area contributed by atoms with E-state index >= 15 is 0 Å². The molecule has 0 aliphatic rings. The SMILES string of the molecule is O/N=C\c1ccc2ccccc2c1O. The monoisotopic (exact) mass is 187 g/mol. The smallest absolute Gasteiger partial charge is 0.132 e. The highest BCUT2D eigenvalue weighted by atomic mass is 16.4. The summed E-state index contributed by atoms with van der Waals surface area (Å²) in [7, 11) is 0. The van der Waals surface area contributed by atoms with Gasteiger partial charge in [0.25, 0.3) is 0 Å². The second-order valence-electron chi connectivity index (χ2n) is 2.97. The van der Waals surface area contributed by atoms with Crippen molar-refractivity contribution in [1.29, 1.82) is 0 Å². The number of hydrogen-bond donors (Lipinski definition) is 2. The molecule has 0 radical (unpaired) electrons. The van der Waals surface area contributed by atoms with E-state index in [0.717, 1.165) is 10.8 Å². The molecule has 0 spiro atoms. The zero-order valence-corrected chi connectivity index (χ0v) is 7.38. The van der Waals surface area contributed by atoms with Crippen molar-refractivity contribution in [2.75, 3.05) is 0 Å². The largest absolute Gasteiger partial charge is 0.507 e. The second-order valence-corrected chi connectivity index (χ2v) is 2.97. The van der Waals surface area contributed by atoms with Crippen molar-refractivity contribution in [2.45, 2.75) is 0 Å². The number of hydrogen-bond acceptors (Lipinski definition) is 3. The first-order valence-corrected chi connectivity index (χ1v) is 4.21. The minimum Gasteiger partial charge on any atom is -0.507 e. The molecule has 2 aromatic carbocycles. The lowest BCUT2D eigenvalue weighted by Crippen LogP contribution is -1.83. The van der Waals surface area contributed by atoms with Gasteiger partial charge in [-0.3, -0.25) is 0 Å². The maximum Gasteiger partial charge on any atom is 0.132 e. The molecule has 2 N–H and O–H groups in total. The minimum atomic E-state index is 0.140. The summed E-state index contributed by atoms with van der Waals surface area (Å²) in [6.07, 6.45) is 1.21. The molecule has 70 valence electrons. The van der Waals surface area contributed by atoms with E-state index in [1.807, 2.05) is 30.3 Å². The van der Waals surface area contributed by atoms with Crippen molar-refractivity contribution < 1.29 is 10.3 Å². The Balaban J connectivity index is 2.75. The van der Waals surface area contributed by atoms with Crippen molar-refractivity contribution in [3.63, 3.8) is 0 Å². The molecule has 0 atom stereocenters. The van der Waals surface area contributed by atoms with Crippen LogP contribution in [-0.2, 0) is 0 Å². The lowest BCUT2D eigenvalue weighted by atomic mass is 10.1. The molecule has 2 rings (SSSR count). The van der Waals surface area contributed by atoms with E-state index in [1.165, 1.54) is 6.21 Å². The van der Waals surface area contributed by atoms with Gasteiger partial charge in [0, 0.05) is 10.9 Å². The quantitative estimate of drug-likeness (QED) is 0.409. The number of benzene rings is 2. The van der Waals surface area contributed by atoms with Gasteiger partial charge in [-0.1, -0.05) is 35.5 Å². The Bertz CT molecular complexity index is 492. The van der Waals surface area contributed by atoms with Crippen molar-refractivity contribution in [2.24, 2.45) is 5.16 Å². The van der Waals surface area contributed by atoms with Crippen LogP contribution < -0.4 is 0 Å². The van der Waals surface area contributed by atoms with Gasteiger partial charge in [0.2, 0.25) is 0 Å². The van der Waals surface area contributed by atoms with Gasteiger partial charge in [0.1, 0.15) is 5.75 Å². The van der Waals surface area contributed by atoms with E-state index < -0.39 is 0 Å². The van der Waals surface area contributed by atoms with Crippen LogP contribution in [0.3, 0.4) is 0 Å². The van der Waals surface area contributed by atoms with Crippen molar-refractivity contribution >= 4 is 17.0 Å². The summed E-state index contributed by atoms with van der Waals surface area (Å²) in [4.78, 5) is 0. The molecule has 0 aromatic heterocycles. The maximum atomic E-state index is 9.78. The first kappa shape index (κ1) is 8.56. The third-order valence-corrected chi connectivity index (χ3v) is 2.13. The first-order valence-electron chi connectivity index (χ1n) is 4.21. The van der Waals surface area contributed by atoms with E-state index in [4.69, 9.17) is 5.21 Å². The van der Waals surface area contributed by atoms with Gasteiger partial charge in [-0.25, -0.2) is 0 Å². The van der Waals surface area contributed by atoms with Gasteiger partial charge >= 0.3 is 0 Å². The number of aromatic hydroxyl groups is 1. The van der Waals surface area contributed by atoms with E-state index in [1.54, 1.807) is 6.07 Å². The molecule has 0 saturated carbocycles. The van der Waals surface area contributed by atoms with Crippen LogP contribution in [0.2, 0.25) is 0 Å². The third-order valence-electron chi connectivity index (χ3n) is 2.13. The predicted octanol–water partition coefficient (Wildman–Crippen LogP) is 2.35. The van der Waals surface area contributed by atoms with Gasteiger partial charge < -0.3 is 10.3 Å². The Morgan fingerprint density at radius 1 is 1.07 bits per heavy atom. The Hall–Kier alpha value is -2.03. The highest BCUT2D eigenvalue weighted by Crippen LogP contribution is 2.27. The lowest BCUT2D eigenvalue weighted by molar-refractivity contribution is 0.321. The van der Waals surface area contributed by atoms with Crippen LogP contribution in [0.1, 0.15) is 5.56 Å². The summed E-state index contributed by atoms with van der Waals surface area (Å²) in [6, 6.07) is 11.1. The highest BCUT2D eigenvalue weighted by Gasteiger charge is 2.03. The third kappa shape index (κ3) is 1.29. The summed E-state index contributed by atoms with van der Waals surface area (Å²) in [6.45, 7) is 0. The fourth-order valence-corrected chi connectivity index (χ4v) is 1.44.